The van der Waals surface area contributed by atoms with Gasteiger partial charge < -0.3 is 19.5 Å². The normalized spacial score (nSPS) is 24.3. The predicted octanol–water partition coefficient (Wildman–Crippen LogP) is 0.0441. The van der Waals surface area contributed by atoms with Crippen LogP contribution in [0.15, 0.2) is 11.3 Å². The fraction of sp³-hybridized carbons (Fsp3) is 0.615. The van der Waals surface area contributed by atoms with E-state index >= 15 is 0 Å². The highest BCUT2D eigenvalue weighted by Gasteiger charge is 2.39. The van der Waals surface area contributed by atoms with Gasteiger partial charge in [-0.25, -0.2) is 4.79 Å². The smallest absolute Gasteiger partial charge is 0.335 e. The maximum atomic E-state index is 11.8. The van der Waals surface area contributed by atoms with Crippen LogP contribution in [0.5, 0.6) is 0 Å². The van der Waals surface area contributed by atoms with Gasteiger partial charge in [-0.15, -0.1) is 0 Å². The van der Waals surface area contributed by atoms with Crippen molar-refractivity contribution in [2.45, 2.75) is 37.9 Å². The van der Waals surface area contributed by atoms with Crippen molar-refractivity contribution in [1.82, 2.24) is 5.32 Å². The zero-order valence-electron chi connectivity index (χ0n) is 11.4. The first-order valence-electron chi connectivity index (χ1n) is 6.38. The van der Waals surface area contributed by atoms with Crippen molar-refractivity contribution in [2.75, 3.05) is 14.2 Å². The van der Waals surface area contributed by atoms with Crippen molar-refractivity contribution in [1.29, 1.82) is 0 Å². The molecule has 1 N–H and O–H groups in total. The van der Waals surface area contributed by atoms with Gasteiger partial charge >= 0.3 is 11.9 Å². The topological polar surface area (TPSA) is 90.9 Å². The molecule has 7 nitrogen and oxygen atoms in total. The van der Waals surface area contributed by atoms with E-state index in [-0.39, 0.29) is 12.2 Å². The number of nitrogens with one attached hydrogen (secondary N) is 1. The molecule has 0 spiro atoms. The molecule has 1 fully saturated rings. The minimum absolute atomic E-state index is 0.00430. The van der Waals surface area contributed by atoms with Crippen LogP contribution in [0.4, 0.5) is 0 Å². The third-order valence-electron chi connectivity index (χ3n) is 3.42. The summed E-state index contributed by atoms with van der Waals surface area (Å²) in [6.07, 6.45) is 1.27. The average Bonchev–Trinajstić information content (AvgIpc) is 2.83. The summed E-state index contributed by atoms with van der Waals surface area (Å²) < 4.78 is 14.8. The van der Waals surface area contributed by atoms with E-state index in [1.165, 1.54) is 14.2 Å². The van der Waals surface area contributed by atoms with Gasteiger partial charge in [0.05, 0.1) is 37.7 Å². The lowest BCUT2D eigenvalue weighted by Crippen LogP contribution is -2.37. The molecule has 0 radical (unpaired) electrons. The van der Waals surface area contributed by atoms with E-state index in [1.54, 1.807) is 0 Å². The molecule has 2 atom stereocenters. The van der Waals surface area contributed by atoms with E-state index in [0.717, 1.165) is 12.8 Å². The molecule has 2 bridgehead atoms. The number of carbonyl (C=O) groups is 3. The zero-order valence-corrected chi connectivity index (χ0v) is 11.4. The summed E-state index contributed by atoms with van der Waals surface area (Å²) in [5.74, 6) is -1.63. The van der Waals surface area contributed by atoms with Crippen LogP contribution in [-0.4, -0.2) is 44.3 Å². The molecule has 2 aliphatic rings. The third-order valence-corrected chi connectivity index (χ3v) is 3.42. The maximum Gasteiger partial charge on any atom is 0.335 e. The number of methoxy groups -OCH3 is 2. The average molecular weight is 283 g/mol. The highest BCUT2D eigenvalue weighted by atomic mass is 16.5. The summed E-state index contributed by atoms with van der Waals surface area (Å²) in [7, 11) is 2.50. The summed E-state index contributed by atoms with van der Waals surface area (Å²) >= 11 is 0. The molecule has 2 unspecified atom stereocenters. The van der Waals surface area contributed by atoms with Crippen LogP contribution < -0.4 is 5.32 Å². The predicted molar refractivity (Wildman–Crippen MR) is 66.3 cm³/mol. The molecular formula is C13H17NO6. The molecule has 1 saturated heterocycles. The first kappa shape index (κ1) is 14.5. The lowest BCUT2D eigenvalue weighted by molar-refractivity contribution is -0.143. The van der Waals surface area contributed by atoms with Gasteiger partial charge in [-0.05, 0) is 12.8 Å². The van der Waals surface area contributed by atoms with Crippen LogP contribution in [0, 0.1) is 0 Å². The van der Waals surface area contributed by atoms with Crippen molar-refractivity contribution in [3.8, 4) is 0 Å². The summed E-state index contributed by atoms with van der Waals surface area (Å²) in [6.45, 7) is 0. The summed E-state index contributed by atoms with van der Waals surface area (Å²) in [4.78, 5) is 34.6. The molecular weight excluding hydrogens is 266 g/mol. The van der Waals surface area contributed by atoms with Gasteiger partial charge in [0.15, 0.2) is 0 Å². The van der Waals surface area contributed by atoms with Gasteiger partial charge in [0.2, 0.25) is 5.91 Å². The number of amides is 1. The fourth-order valence-corrected chi connectivity index (χ4v) is 2.47. The highest BCUT2D eigenvalue weighted by molar-refractivity contribution is 5.96. The van der Waals surface area contributed by atoms with E-state index in [9.17, 15) is 14.4 Å². The summed E-state index contributed by atoms with van der Waals surface area (Å²) in [5, 5.41) is 2.59. The van der Waals surface area contributed by atoms with E-state index in [0.29, 0.717) is 17.7 Å². The number of fused-ring (bicyclic) bond motifs is 2. The van der Waals surface area contributed by atoms with E-state index in [2.05, 4.69) is 10.1 Å². The van der Waals surface area contributed by atoms with Gasteiger partial charge in [-0.1, -0.05) is 0 Å². The molecule has 20 heavy (non-hydrogen) atoms. The molecule has 1 amide bonds. The van der Waals surface area contributed by atoms with Crippen molar-refractivity contribution in [2.24, 2.45) is 0 Å². The van der Waals surface area contributed by atoms with Crippen molar-refractivity contribution in [3.05, 3.63) is 11.3 Å². The molecule has 7 heteroatoms. The molecule has 2 rings (SSSR count). The van der Waals surface area contributed by atoms with Gasteiger partial charge in [-0.2, -0.15) is 0 Å². The van der Waals surface area contributed by atoms with Crippen LogP contribution in [-0.2, 0) is 28.6 Å². The number of hydrogen-bond acceptors (Lipinski definition) is 6. The Morgan fingerprint density at radius 1 is 1.25 bits per heavy atom. The van der Waals surface area contributed by atoms with Gasteiger partial charge in [0.25, 0.3) is 0 Å². The Labute approximate surface area is 116 Å². The molecule has 0 aromatic heterocycles. The largest absolute Gasteiger partial charge is 0.469 e. The fourth-order valence-electron chi connectivity index (χ4n) is 2.47. The third kappa shape index (κ3) is 2.98. The Bertz CT molecular complexity index is 469. The first-order chi connectivity index (χ1) is 9.55. The van der Waals surface area contributed by atoms with Crippen LogP contribution in [0.25, 0.3) is 0 Å². The Hall–Kier alpha value is -1.89. The van der Waals surface area contributed by atoms with Crippen molar-refractivity contribution in [3.63, 3.8) is 0 Å². The minimum Gasteiger partial charge on any atom is -0.469 e. The van der Waals surface area contributed by atoms with Gasteiger partial charge in [0.1, 0.15) is 6.42 Å². The van der Waals surface area contributed by atoms with Crippen LogP contribution in [0.2, 0.25) is 0 Å². The lowest BCUT2D eigenvalue weighted by atomic mass is 10.0. The monoisotopic (exact) mass is 283 g/mol. The number of esters is 2. The Morgan fingerprint density at radius 2 is 2.00 bits per heavy atom. The van der Waals surface area contributed by atoms with Crippen LogP contribution in [0.3, 0.4) is 0 Å². The Kier molecular flexibility index (Phi) is 4.39. The van der Waals surface area contributed by atoms with Crippen molar-refractivity contribution < 1.29 is 28.6 Å². The highest BCUT2D eigenvalue weighted by Crippen LogP contribution is 2.35. The molecule has 0 aromatic carbocycles. The minimum atomic E-state index is -0.635. The standard InChI is InChI=1S/C13H17NO6/c1-18-11(16)6-10(15)14-12-8(13(17)19-2)5-7-3-4-9(12)20-7/h7,9H,3-6H2,1-2H3,(H,14,15). The van der Waals surface area contributed by atoms with Crippen molar-refractivity contribution >= 4 is 17.8 Å². The molecule has 0 aromatic rings. The number of hydrogen-bond donors (Lipinski definition) is 1. The maximum absolute atomic E-state index is 11.8. The van der Waals surface area contributed by atoms with E-state index < -0.39 is 24.3 Å². The van der Waals surface area contributed by atoms with Crippen LogP contribution in [0.1, 0.15) is 25.7 Å². The quantitative estimate of drug-likeness (QED) is 0.579. The second kappa shape index (κ2) is 6.04. The summed E-state index contributed by atoms with van der Waals surface area (Å²) in [6, 6.07) is 0. The summed E-state index contributed by atoms with van der Waals surface area (Å²) in [5.41, 5.74) is 0.837. The van der Waals surface area contributed by atoms with Gasteiger partial charge in [0, 0.05) is 6.42 Å². The van der Waals surface area contributed by atoms with E-state index in [4.69, 9.17) is 9.47 Å². The SMILES string of the molecule is COC(=O)CC(=O)NC1=C(C(=O)OC)CC2CCC1O2. The molecule has 0 saturated carbocycles. The zero-order chi connectivity index (χ0) is 14.7. The molecule has 0 aliphatic carbocycles. The number of rotatable bonds is 4. The molecule has 110 valence electrons. The first-order valence-corrected chi connectivity index (χ1v) is 6.38. The second-order valence-corrected chi connectivity index (χ2v) is 4.71. The second-order valence-electron chi connectivity index (χ2n) is 4.71. The lowest BCUT2D eigenvalue weighted by Gasteiger charge is -2.26. The molecule has 2 aliphatic heterocycles. The van der Waals surface area contributed by atoms with Crippen LogP contribution >= 0.6 is 0 Å². The number of ether oxygens (including phenoxy) is 3. The Morgan fingerprint density at radius 3 is 2.65 bits per heavy atom. The van der Waals surface area contributed by atoms with E-state index in [1.807, 2.05) is 0 Å². The Balaban J connectivity index is 2.15. The number of carbonyl (C=O) groups excluding carboxylic acids is 3. The van der Waals surface area contributed by atoms with Gasteiger partial charge in [-0.3, -0.25) is 9.59 Å². The molecule has 2 heterocycles.